The number of aryl methyl sites for hydroxylation is 1. The number of sulfone groups is 2. The van der Waals surface area contributed by atoms with Crippen LogP contribution in [-0.4, -0.2) is 202 Å². The van der Waals surface area contributed by atoms with Crippen molar-refractivity contribution in [1.82, 2.24) is 0 Å². The van der Waals surface area contributed by atoms with Gasteiger partial charge in [0.1, 0.15) is 4.75 Å². The predicted octanol–water partition coefficient (Wildman–Crippen LogP) is 12.7. The van der Waals surface area contributed by atoms with Crippen LogP contribution in [0.3, 0.4) is 0 Å². The van der Waals surface area contributed by atoms with Gasteiger partial charge in [-0.3, -0.25) is 23.4 Å². The van der Waals surface area contributed by atoms with Crippen molar-refractivity contribution >= 4 is 65.4 Å². The summed E-state index contributed by atoms with van der Waals surface area (Å²) in [6.07, 6.45) is 16.3. The number of carboxylic acid groups (broad SMARTS) is 2. The Balaban J connectivity index is -0.000000117. The molecule has 6 aliphatic heterocycles. The summed E-state index contributed by atoms with van der Waals surface area (Å²) in [5.41, 5.74) is 1.03. The number of rotatable bonds is 26. The van der Waals surface area contributed by atoms with Gasteiger partial charge in [-0.2, -0.15) is 8.42 Å². The summed E-state index contributed by atoms with van der Waals surface area (Å²) in [7, 11) is -10.7. The highest BCUT2D eigenvalue weighted by Gasteiger charge is 2.44. The van der Waals surface area contributed by atoms with E-state index in [0.29, 0.717) is 82.6 Å². The minimum Gasteiger partial charge on any atom is -0.481 e. The number of carbonyl (C=O) groups excluding carboxylic acids is 2. The third-order valence-electron chi connectivity index (χ3n) is 17.3. The quantitative estimate of drug-likeness (QED) is 0.0573. The van der Waals surface area contributed by atoms with Gasteiger partial charge < -0.3 is 53.2 Å². The number of thioether (sulfide) groups is 1. The normalized spacial score (nSPS) is 19.7. The van der Waals surface area contributed by atoms with Gasteiger partial charge in [0.25, 0.3) is 10.1 Å². The molecule has 0 amide bonds. The topological polar surface area (TPSA) is 314 Å². The van der Waals surface area contributed by atoms with Crippen LogP contribution in [0.25, 0.3) is 0 Å². The van der Waals surface area contributed by atoms with Gasteiger partial charge in [0, 0.05) is 123 Å². The van der Waals surface area contributed by atoms with Crippen LogP contribution in [0.2, 0.25) is 0 Å². The lowest BCUT2D eigenvalue weighted by atomic mass is 9.97. The molecule has 0 unspecified atom stereocenters. The first-order valence-corrected chi connectivity index (χ1v) is 38.6. The Bertz CT molecular complexity index is 2580. The average molecular weight is 1420 g/mol. The minimum absolute atomic E-state index is 0. The van der Waals surface area contributed by atoms with E-state index in [1.807, 2.05) is 27.7 Å². The van der Waals surface area contributed by atoms with Gasteiger partial charge in [0.05, 0.1) is 36.2 Å². The molecular formula is C65H138O22S4. The summed E-state index contributed by atoms with van der Waals surface area (Å²) in [4.78, 5) is 44.8. The molecule has 7 rings (SSSR count). The Morgan fingerprint density at radius 3 is 1.22 bits per heavy atom. The average Bonchev–Trinajstić information content (AvgIpc) is 0.824. The zero-order valence-corrected chi connectivity index (χ0v) is 59.4. The van der Waals surface area contributed by atoms with Crippen molar-refractivity contribution in [3.05, 3.63) is 29.8 Å². The summed E-state index contributed by atoms with van der Waals surface area (Å²) in [6.45, 7) is 25.2. The fraction of sp³-hybridized carbons (Fsp3) is 0.846. The Labute approximate surface area is 581 Å². The van der Waals surface area contributed by atoms with Crippen LogP contribution in [0, 0.1) is 42.4 Å². The molecule has 22 nitrogen and oxygen atoms in total. The largest absolute Gasteiger partial charge is 0.481 e. The van der Waals surface area contributed by atoms with E-state index in [1.54, 1.807) is 43.0 Å². The number of aliphatic hydroxyl groups excluding tert-OH is 1. The third-order valence-corrected chi connectivity index (χ3v) is 25.0. The lowest BCUT2D eigenvalue weighted by molar-refractivity contribution is -0.146. The number of aliphatic hydroxyl groups is 1. The van der Waals surface area contributed by atoms with Gasteiger partial charge in [0.2, 0.25) is 0 Å². The fourth-order valence-electron chi connectivity index (χ4n) is 10.2. The maximum Gasteiger partial charge on any atom is 0.326 e. The van der Waals surface area contributed by atoms with Crippen molar-refractivity contribution in [3.8, 4) is 0 Å². The SMILES string of the molecule is CC(C)(C(=O)O)S(=O)(=O)CCC1CCOCC1.CCOC(=O)C(C)(C)S(=O)(=O)CCC1CCOCC1.CCOC(=O)C(C)(C)SCCC1CCOCC1.Cc1ccc(S(=O)(=O)OCCC2CCOCC2)cc1.O=C(O)CC1CCOCC1.OCCC1CCOCC1.[2HH].[2HH].[2HH].[2H][2H].[2H][2H].[2H][2H].[2H][2H].[2H][2H].[2H][2H].[2H][2H].[2H][2H].[2H][2H]. The van der Waals surface area contributed by atoms with E-state index in [9.17, 15) is 44.4 Å². The molecule has 3 N–H and O–H groups in total. The van der Waals surface area contributed by atoms with E-state index >= 15 is 0 Å². The molecule has 0 saturated carbocycles. The van der Waals surface area contributed by atoms with Gasteiger partial charge in [-0.25, -0.2) is 16.8 Å². The molecule has 1 aromatic carbocycles. The van der Waals surface area contributed by atoms with Crippen molar-refractivity contribution in [2.75, 3.05) is 123 Å². The van der Waals surface area contributed by atoms with Gasteiger partial charge >= 0.3 is 23.9 Å². The van der Waals surface area contributed by atoms with Crippen LogP contribution in [-0.2, 0) is 91.0 Å². The van der Waals surface area contributed by atoms with E-state index < -0.39 is 61.9 Å². The van der Waals surface area contributed by atoms with Crippen molar-refractivity contribution < 1.29 is 133 Å². The number of benzene rings is 1. The number of aliphatic carboxylic acids is 2. The fourth-order valence-corrected chi connectivity index (χ4v) is 15.2. The Hall–Kier alpha value is -3.02. The molecule has 6 fully saturated rings. The molecule has 6 heterocycles. The van der Waals surface area contributed by atoms with Crippen LogP contribution in [0.5, 0.6) is 0 Å². The Kier molecular flexibility index (Phi) is 34.0. The lowest BCUT2D eigenvalue weighted by Gasteiger charge is -2.25. The molecule has 6 saturated heterocycles. The first kappa shape index (κ1) is 69.3. The highest BCUT2D eigenvalue weighted by Crippen LogP contribution is 2.31. The molecule has 6 aliphatic rings. The van der Waals surface area contributed by atoms with Gasteiger partial charge in [-0.15, -0.1) is 11.8 Å². The van der Waals surface area contributed by atoms with E-state index in [4.69, 9.17) is 84.1 Å². The first-order valence-electron chi connectivity index (χ1n) is 41.9. The van der Waals surface area contributed by atoms with E-state index in [2.05, 4.69) is 0 Å². The number of esters is 2. The summed E-state index contributed by atoms with van der Waals surface area (Å²) in [5, 5.41) is 25.9. The second-order valence-corrected chi connectivity index (χ2v) is 34.1. The Morgan fingerprint density at radius 1 is 0.516 bits per heavy atom. The van der Waals surface area contributed by atoms with E-state index in [0.717, 1.165) is 153 Å². The lowest BCUT2D eigenvalue weighted by Crippen LogP contribution is -2.43. The van der Waals surface area contributed by atoms with Gasteiger partial charge in [0.15, 0.2) is 29.2 Å². The molecule has 0 bridgehead atoms. The molecule has 554 valence electrons. The molecule has 0 radical (unpaired) electrons. The van der Waals surface area contributed by atoms with Gasteiger partial charge in [-0.05, 0) is 225 Å². The molecular weight excluding hydrogens is 1260 g/mol. The zero-order chi connectivity index (χ0) is 86.0. The summed E-state index contributed by atoms with van der Waals surface area (Å²) in [5.74, 6) is 1.34. The van der Waals surface area contributed by atoms with Crippen molar-refractivity contribution in [2.24, 2.45) is 35.5 Å². The van der Waals surface area contributed by atoms with E-state index in [1.165, 1.54) is 47.0 Å². The summed E-state index contributed by atoms with van der Waals surface area (Å²) >= 11 is 1.71. The van der Waals surface area contributed by atoms with Gasteiger partial charge in [-0.1, -0.05) is 17.7 Å². The monoisotopic (exact) mass is 1420 g/mol. The van der Waals surface area contributed by atoms with Crippen LogP contribution >= 0.6 is 11.8 Å². The van der Waals surface area contributed by atoms with Crippen LogP contribution < -0.4 is 0 Å². The smallest absolute Gasteiger partial charge is 0.326 e. The standard InChI is InChI=1S/C14H20O4S.C13H24O5S.C13H24O3S.C11H20O5S.C7H12O3.C7H14O2.12H2/c1-12-2-4-14(5-3-12)19(15,16)18-11-8-13-6-9-17-10-7-13;1-4-18-12(14)13(2,3)19(15,16)10-7-11-5-8-17-9-6-11;1-4-16-12(14)13(2,3)17-10-7-11-5-8-15-9-6-11;1-11(2,10(12)13)17(14,15)8-5-9-3-6-16-7-4-9;8-7(9)5-6-1-3-10-4-2-6;8-4-1-7-2-5-9-6-3-7;;;;;;;;;;;;/h2-5,13H,6-11H2,1H3;11H,4-10H2,1-3H3;11H,4-10H2,1-3H3;9H,3-8H2,1-2H3,(H,12,13);6H,1-5H2,(H,8,9);7-8H,1-6H2;12*1H/i;;;;;;9*1+1D;3*1+1. The highest BCUT2D eigenvalue weighted by molar-refractivity contribution is 8.01. The first-order chi connectivity index (χ1) is 51.9. The summed E-state index contributed by atoms with van der Waals surface area (Å²) in [6, 6.07) is 6.71. The van der Waals surface area contributed by atoms with Crippen molar-refractivity contribution in [1.29, 1.82) is 0 Å². The van der Waals surface area contributed by atoms with Crippen molar-refractivity contribution in [3.63, 3.8) is 0 Å². The molecule has 1 aromatic rings. The highest BCUT2D eigenvalue weighted by atomic mass is 32.2. The maximum atomic E-state index is 12.3. The van der Waals surface area contributed by atoms with E-state index in [-0.39, 0.29) is 39.9 Å². The number of carboxylic acids is 2. The maximum absolute atomic E-state index is 12.3. The van der Waals surface area contributed by atoms with Crippen LogP contribution in [0.1, 0.15) is 208 Å². The summed E-state index contributed by atoms with van der Waals surface area (Å²) < 4.78 is 205. The number of hydrogen-bond donors (Lipinski definition) is 3. The number of ether oxygens (including phenoxy) is 8. The zero-order valence-electron chi connectivity index (χ0n) is 74.2. The molecule has 0 atom stereocenters. The predicted molar refractivity (Wildman–Crippen MR) is 377 cm³/mol. The third kappa shape index (κ3) is 34.0. The number of hydrogen-bond acceptors (Lipinski definition) is 21. The molecule has 0 spiro atoms. The molecule has 91 heavy (non-hydrogen) atoms. The molecule has 0 aliphatic carbocycles. The van der Waals surface area contributed by atoms with Crippen LogP contribution in [0.15, 0.2) is 29.2 Å². The Morgan fingerprint density at radius 2 is 0.857 bits per heavy atom. The van der Waals surface area contributed by atoms with Crippen LogP contribution in [0.4, 0.5) is 0 Å². The minimum atomic E-state index is -3.61. The molecule has 0 aromatic heterocycles. The molecule has 26 heteroatoms. The van der Waals surface area contributed by atoms with Crippen molar-refractivity contribution in [2.45, 2.75) is 197 Å². The second-order valence-electron chi connectivity index (χ2n) is 25.5. The number of carbonyl (C=O) groups is 4. The second kappa shape index (κ2) is 44.7.